The van der Waals surface area contributed by atoms with Gasteiger partial charge in [-0.1, -0.05) is 6.07 Å². The lowest BCUT2D eigenvalue weighted by molar-refractivity contribution is -0.128. The first-order valence-corrected chi connectivity index (χ1v) is 8.97. The number of hydrogen-bond acceptors (Lipinski definition) is 4. The minimum Gasteiger partial charge on any atom is -0.497 e. The Labute approximate surface area is 140 Å². The lowest BCUT2D eigenvalue weighted by Gasteiger charge is -2.15. The average Bonchev–Trinajstić information content (AvgIpc) is 3.34. The normalized spacial score (nSPS) is 20.7. The number of hydrogen-bond donors (Lipinski definition) is 1. The van der Waals surface area contributed by atoms with E-state index < -0.39 is 0 Å². The minimum atomic E-state index is 0.00939. The van der Waals surface area contributed by atoms with Crippen LogP contribution in [-0.2, 0) is 9.59 Å². The van der Waals surface area contributed by atoms with Gasteiger partial charge in [0.2, 0.25) is 11.8 Å². The third-order valence-electron chi connectivity index (χ3n) is 4.23. The Morgan fingerprint density at radius 3 is 3.00 bits per heavy atom. The molecule has 2 aliphatic rings. The largest absolute Gasteiger partial charge is 0.497 e. The molecule has 1 aliphatic heterocycles. The maximum atomic E-state index is 12.0. The van der Waals surface area contributed by atoms with Crippen molar-refractivity contribution in [1.29, 1.82) is 0 Å². The van der Waals surface area contributed by atoms with Gasteiger partial charge in [0.1, 0.15) is 5.75 Å². The number of methoxy groups -OCH3 is 1. The second-order valence-corrected chi connectivity index (χ2v) is 7.17. The van der Waals surface area contributed by atoms with Gasteiger partial charge in [-0.15, -0.1) is 11.8 Å². The first kappa shape index (κ1) is 16.2. The van der Waals surface area contributed by atoms with Crippen molar-refractivity contribution in [1.82, 2.24) is 10.2 Å². The standard InChI is InChI=1S/C17H22N2O3S/c1-22-14-3-2-4-15(8-14)23-11-16(20)18-9-12-7-17(21)19(10-12)13-5-6-13/h2-4,8,12-13H,5-7,9-11H2,1H3,(H,18,20). The highest BCUT2D eigenvalue weighted by molar-refractivity contribution is 8.00. The van der Waals surface area contributed by atoms with Crippen molar-refractivity contribution in [2.24, 2.45) is 5.92 Å². The summed E-state index contributed by atoms with van der Waals surface area (Å²) in [5.41, 5.74) is 0. The van der Waals surface area contributed by atoms with Gasteiger partial charge in [0.15, 0.2) is 0 Å². The highest BCUT2D eigenvalue weighted by atomic mass is 32.2. The Morgan fingerprint density at radius 1 is 1.43 bits per heavy atom. The molecular weight excluding hydrogens is 312 g/mol. The van der Waals surface area contributed by atoms with Crippen LogP contribution in [0, 0.1) is 5.92 Å². The molecule has 5 nitrogen and oxygen atoms in total. The van der Waals surface area contributed by atoms with E-state index in [0.29, 0.717) is 24.8 Å². The van der Waals surface area contributed by atoms with Gasteiger partial charge in [0, 0.05) is 36.4 Å². The number of amides is 2. The highest BCUT2D eigenvalue weighted by Gasteiger charge is 2.39. The molecule has 3 rings (SSSR count). The molecule has 0 aromatic heterocycles. The lowest BCUT2D eigenvalue weighted by Crippen LogP contribution is -2.32. The summed E-state index contributed by atoms with van der Waals surface area (Å²) in [5.74, 6) is 1.68. The SMILES string of the molecule is COc1cccc(SCC(=O)NCC2CC(=O)N(C3CC3)C2)c1. The quantitative estimate of drug-likeness (QED) is 0.774. The lowest BCUT2D eigenvalue weighted by atomic mass is 10.1. The number of carbonyl (C=O) groups is 2. The zero-order valence-corrected chi connectivity index (χ0v) is 14.1. The maximum Gasteiger partial charge on any atom is 0.230 e. The number of benzene rings is 1. The van der Waals surface area contributed by atoms with E-state index in [-0.39, 0.29) is 17.7 Å². The van der Waals surface area contributed by atoms with Crippen molar-refractivity contribution in [3.05, 3.63) is 24.3 Å². The Balaban J connectivity index is 1.39. The molecule has 2 amide bonds. The van der Waals surface area contributed by atoms with Crippen molar-refractivity contribution in [3.8, 4) is 5.75 Å². The highest BCUT2D eigenvalue weighted by Crippen LogP contribution is 2.32. The summed E-state index contributed by atoms with van der Waals surface area (Å²) in [7, 11) is 1.63. The summed E-state index contributed by atoms with van der Waals surface area (Å²) < 4.78 is 5.17. The average molecular weight is 334 g/mol. The molecule has 1 N–H and O–H groups in total. The summed E-state index contributed by atoms with van der Waals surface area (Å²) in [4.78, 5) is 26.9. The van der Waals surface area contributed by atoms with E-state index >= 15 is 0 Å². The van der Waals surface area contributed by atoms with Crippen LogP contribution in [-0.4, -0.2) is 48.7 Å². The molecule has 1 aliphatic carbocycles. The fourth-order valence-electron chi connectivity index (χ4n) is 2.83. The number of thioether (sulfide) groups is 1. The van der Waals surface area contributed by atoms with Crippen LogP contribution in [0.2, 0.25) is 0 Å². The van der Waals surface area contributed by atoms with Crippen LogP contribution in [0.5, 0.6) is 5.75 Å². The van der Waals surface area contributed by atoms with Crippen molar-refractivity contribution in [3.63, 3.8) is 0 Å². The van der Waals surface area contributed by atoms with E-state index in [1.165, 1.54) is 11.8 Å². The number of nitrogens with zero attached hydrogens (tertiary/aromatic N) is 1. The summed E-state index contributed by atoms with van der Waals surface area (Å²) in [6.45, 7) is 1.39. The molecule has 124 valence electrons. The van der Waals surface area contributed by atoms with Gasteiger partial charge in [0.25, 0.3) is 0 Å². The van der Waals surface area contributed by atoms with Gasteiger partial charge >= 0.3 is 0 Å². The Hall–Kier alpha value is -1.69. The first-order valence-electron chi connectivity index (χ1n) is 7.98. The molecule has 1 heterocycles. The molecule has 23 heavy (non-hydrogen) atoms. The second-order valence-electron chi connectivity index (χ2n) is 6.12. The van der Waals surface area contributed by atoms with Gasteiger partial charge in [0.05, 0.1) is 12.9 Å². The first-order chi connectivity index (χ1) is 11.2. The van der Waals surface area contributed by atoms with Crippen LogP contribution in [0.15, 0.2) is 29.2 Å². The smallest absolute Gasteiger partial charge is 0.230 e. The van der Waals surface area contributed by atoms with Crippen molar-refractivity contribution >= 4 is 23.6 Å². The second kappa shape index (κ2) is 7.25. The third-order valence-corrected chi connectivity index (χ3v) is 5.22. The molecule has 1 saturated heterocycles. The number of nitrogens with one attached hydrogen (secondary N) is 1. The summed E-state index contributed by atoms with van der Waals surface area (Å²) in [6, 6.07) is 8.15. The molecule has 0 spiro atoms. The van der Waals surface area contributed by atoms with Gasteiger partial charge < -0.3 is 15.0 Å². The van der Waals surface area contributed by atoms with Crippen molar-refractivity contribution in [2.75, 3.05) is 26.0 Å². The predicted molar refractivity (Wildman–Crippen MR) is 89.6 cm³/mol. The van der Waals surface area contributed by atoms with Crippen LogP contribution in [0.1, 0.15) is 19.3 Å². The van der Waals surface area contributed by atoms with Crippen molar-refractivity contribution < 1.29 is 14.3 Å². The number of rotatable bonds is 7. The molecule has 6 heteroatoms. The van der Waals surface area contributed by atoms with E-state index in [2.05, 4.69) is 5.32 Å². The van der Waals surface area contributed by atoms with Gasteiger partial charge in [-0.2, -0.15) is 0 Å². The Kier molecular flexibility index (Phi) is 5.10. The monoisotopic (exact) mass is 334 g/mol. The predicted octanol–water partition coefficient (Wildman–Crippen LogP) is 1.91. The molecule has 1 aromatic carbocycles. The number of ether oxygens (including phenoxy) is 1. The van der Waals surface area contributed by atoms with E-state index in [1.807, 2.05) is 29.2 Å². The summed E-state index contributed by atoms with van der Waals surface area (Å²) in [6.07, 6.45) is 2.85. The Bertz CT molecular complexity index is 589. The molecule has 1 atom stereocenters. The fraction of sp³-hybridized carbons (Fsp3) is 0.529. The number of carbonyl (C=O) groups excluding carboxylic acids is 2. The summed E-state index contributed by atoms with van der Waals surface area (Å²) in [5, 5.41) is 2.95. The molecule has 1 saturated carbocycles. The van der Waals surface area contributed by atoms with Gasteiger partial charge in [-0.25, -0.2) is 0 Å². The molecule has 1 unspecified atom stereocenters. The molecule has 0 radical (unpaired) electrons. The zero-order chi connectivity index (χ0) is 16.2. The van der Waals surface area contributed by atoms with Gasteiger partial charge in [-0.3, -0.25) is 9.59 Å². The van der Waals surface area contributed by atoms with Crippen molar-refractivity contribution in [2.45, 2.75) is 30.2 Å². The zero-order valence-electron chi connectivity index (χ0n) is 13.3. The summed E-state index contributed by atoms with van der Waals surface area (Å²) >= 11 is 1.49. The maximum absolute atomic E-state index is 12.0. The molecule has 1 aromatic rings. The number of likely N-dealkylation sites (tertiary alicyclic amines) is 1. The van der Waals surface area contributed by atoms with E-state index in [1.54, 1.807) is 7.11 Å². The molecule has 0 bridgehead atoms. The van der Waals surface area contributed by atoms with Crippen LogP contribution in [0.3, 0.4) is 0 Å². The van der Waals surface area contributed by atoms with E-state index in [4.69, 9.17) is 4.74 Å². The molecular formula is C17H22N2O3S. The van der Waals surface area contributed by atoms with Crippen LogP contribution >= 0.6 is 11.8 Å². The van der Waals surface area contributed by atoms with E-state index in [9.17, 15) is 9.59 Å². The van der Waals surface area contributed by atoms with Crippen LogP contribution in [0.4, 0.5) is 0 Å². The topological polar surface area (TPSA) is 58.6 Å². The van der Waals surface area contributed by atoms with Gasteiger partial charge in [-0.05, 0) is 31.0 Å². The fourth-order valence-corrected chi connectivity index (χ4v) is 3.61. The Morgan fingerprint density at radius 2 is 2.26 bits per heavy atom. The molecule has 2 fully saturated rings. The third kappa shape index (κ3) is 4.41. The van der Waals surface area contributed by atoms with Crippen LogP contribution in [0.25, 0.3) is 0 Å². The van der Waals surface area contributed by atoms with E-state index in [0.717, 1.165) is 30.0 Å². The van der Waals surface area contributed by atoms with Crippen LogP contribution < -0.4 is 10.1 Å². The minimum absolute atomic E-state index is 0.00939.